The molecule has 7 heteroatoms. The number of aliphatic imine (C=N–C) groups is 1. The predicted molar refractivity (Wildman–Crippen MR) is 110 cm³/mol. The van der Waals surface area contributed by atoms with E-state index in [1.807, 2.05) is 30.0 Å². The standard InChI is InChI=1S/C21H32N4O3/c1-3-22-21(23-16-17-7-5-8-18(15-17)27-4-2)25-12-10-24(11-13-25)20(26)19-9-6-14-28-19/h5,7-8,15,19H,3-4,6,9-14,16H2,1-2H3,(H,22,23). The molecular formula is C21H32N4O3. The fourth-order valence-corrected chi connectivity index (χ4v) is 3.61. The lowest BCUT2D eigenvalue weighted by molar-refractivity contribution is -0.142. The molecule has 28 heavy (non-hydrogen) atoms. The maximum absolute atomic E-state index is 12.5. The van der Waals surface area contributed by atoms with Gasteiger partial charge in [0.05, 0.1) is 13.2 Å². The molecule has 1 atom stereocenters. The topological polar surface area (TPSA) is 66.4 Å². The molecular weight excluding hydrogens is 356 g/mol. The zero-order valence-electron chi connectivity index (χ0n) is 17.0. The number of hydrogen-bond acceptors (Lipinski definition) is 4. The van der Waals surface area contributed by atoms with E-state index in [9.17, 15) is 4.79 Å². The minimum Gasteiger partial charge on any atom is -0.494 e. The first-order valence-corrected chi connectivity index (χ1v) is 10.4. The Balaban J connectivity index is 1.57. The molecule has 1 N–H and O–H groups in total. The highest BCUT2D eigenvalue weighted by Crippen LogP contribution is 2.17. The van der Waals surface area contributed by atoms with Crippen LogP contribution < -0.4 is 10.1 Å². The molecule has 0 aromatic heterocycles. The largest absolute Gasteiger partial charge is 0.494 e. The third-order valence-corrected chi connectivity index (χ3v) is 5.05. The summed E-state index contributed by atoms with van der Waals surface area (Å²) in [6, 6.07) is 8.06. The van der Waals surface area contributed by atoms with Gasteiger partial charge in [-0.3, -0.25) is 4.79 Å². The molecule has 0 saturated carbocycles. The van der Waals surface area contributed by atoms with E-state index in [-0.39, 0.29) is 12.0 Å². The van der Waals surface area contributed by atoms with Gasteiger partial charge >= 0.3 is 0 Å². The number of amides is 1. The van der Waals surface area contributed by atoms with E-state index >= 15 is 0 Å². The molecule has 2 fully saturated rings. The molecule has 3 rings (SSSR count). The van der Waals surface area contributed by atoms with Crippen LogP contribution in [-0.4, -0.2) is 73.7 Å². The summed E-state index contributed by atoms with van der Waals surface area (Å²) in [4.78, 5) is 21.5. The summed E-state index contributed by atoms with van der Waals surface area (Å²) < 4.78 is 11.1. The monoisotopic (exact) mass is 388 g/mol. The minimum absolute atomic E-state index is 0.145. The number of nitrogens with zero attached hydrogens (tertiary/aromatic N) is 3. The van der Waals surface area contributed by atoms with E-state index in [2.05, 4.69) is 23.2 Å². The number of ether oxygens (including phenoxy) is 2. The van der Waals surface area contributed by atoms with E-state index in [0.29, 0.717) is 32.8 Å². The van der Waals surface area contributed by atoms with Gasteiger partial charge in [0.1, 0.15) is 11.9 Å². The average molecular weight is 389 g/mol. The second-order valence-corrected chi connectivity index (χ2v) is 7.06. The lowest BCUT2D eigenvalue weighted by Crippen LogP contribution is -2.55. The summed E-state index contributed by atoms with van der Waals surface area (Å²) in [6.45, 7) is 9.81. The first kappa shape index (κ1) is 20.5. The van der Waals surface area contributed by atoms with E-state index in [1.54, 1.807) is 0 Å². The number of rotatable bonds is 6. The van der Waals surface area contributed by atoms with E-state index in [1.165, 1.54) is 0 Å². The van der Waals surface area contributed by atoms with Crippen molar-refractivity contribution in [3.63, 3.8) is 0 Å². The molecule has 0 spiro atoms. The summed E-state index contributed by atoms with van der Waals surface area (Å²) in [6.07, 6.45) is 1.60. The van der Waals surface area contributed by atoms with Gasteiger partial charge in [-0.05, 0) is 44.4 Å². The fraction of sp³-hybridized carbons (Fsp3) is 0.619. The number of benzene rings is 1. The molecule has 0 bridgehead atoms. The third kappa shape index (κ3) is 5.38. The molecule has 7 nitrogen and oxygen atoms in total. The minimum atomic E-state index is -0.230. The van der Waals surface area contributed by atoms with Crippen LogP contribution >= 0.6 is 0 Å². The van der Waals surface area contributed by atoms with Crippen molar-refractivity contribution < 1.29 is 14.3 Å². The van der Waals surface area contributed by atoms with Crippen LogP contribution in [-0.2, 0) is 16.1 Å². The molecule has 0 aliphatic carbocycles. The summed E-state index contributed by atoms with van der Waals surface area (Å²) in [5, 5.41) is 3.38. The summed E-state index contributed by atoms with van der Waals surface area (Å²) >= 11 is 0. The van der Waals surface area contributed by atoms with Gasteiger partial charge in [-0.2, -0.15) is 0 Å². The molecule has 1 aromatic carbocycles. The Hall–Kier alpha value is -2.28. The van der Waals surface area contributed by atoms with Crippen molar-refractivity contribution in [1.29, 1.82) is 0 Å². The highest BCUT2D eigenvalue weighted by molar-refractivity contribution is 5.82. The Labute approximate surface area is 167 Å². The second kappa shape index (κ2) is 10.3. The zero-order valence-corrected chi connectivity index (χ0v) is 17.0. The molecule has 1 unspecified atom stereocenters. The first-order chi connectivity index (χ1) is 13.7. The molecule has 0 radical (unpaired) electrons. The van der Waals surface area contributed by atoms with Crippen molar-refractivity contribution in [1.82, 2.24) is 15.1 Å². The number of carbonyl (C=O) groups is 1. The maximum atomic E-state index is 12.5. The normalized spacial score (nSPS) is 20.4. The van der Waals surface area contributed by atoms with Crippen molar-refractivity contribution in [2.24, 2.45) is 4.99 Å². The van der Waals surface area contributed by atoms with Crippen LogP contribution in [0.1, 0.15) is 32.3 Å². The number of guanidine groups is 1. The fourth-order valence-electron chi connectivity index (χ4n) is 3.61. The van der Waals surface area contributed by atoms with E-state index < -0.39 is 0 Å². The van der Waals surface area contributed by atoms with Crippen molar-refractivity contribution >= 4 is 11.9 Å². The number of piperazine rings is 1. The first-order valence-electron chi connectivity index (χ1n) is 10.4. The van der Waals surface area contributed by atoms with Gasteiger partial charge in [-0.15, -0.1) is 0 Å². The SMILES string of the molecule is CCNC(=NCc1cccc(OCC)c1)N1CCN(C(=O)C2CCCO2)CC1. The van der Waals surface area contributed by atoms with E-state index in [4.69, 9.17) is 14.5 Å². The molecule has 154 valence electrons. The molecule has 1 aromatic rings. The number of carbonyl (C=O) groups excluding carboxylic acids is 1. The van der Waals surface area contributed by atoms with Crippen LogP contribution in [0, 0.1) is 0 Å². The van der Waals surface area contributed by atoms with Gasteiger partial charge in [-0.1, -0.05) is 12.1 Å². The van der Waals surface area contributed by atoms with Gasteiger partial charge in [-0.25, -0.2) is 4.99 Å². The van der Waals surface area contributed by atoms with Crippen LogP contribution in [0.15, 0.2) is 29.3 Å². The summed E-state index contributed by atoms with van der Waals surface area (Å²) in [7, 11) is 0. The maximum Gasteiger partial charge on any atom is 0.251 e. The van der Waals surface area contributed by atoms with Crippen LogP contribution in [0.25, 0.3) is 0 Å². The Kier molecular flexibility index (Phi) is 7.54. The lowest BCUT2D eigenvalue weighted by Gasteiger charge is -2.37. The summed E-state index contributed by atoms with van der Waals surface area (Å²) in [5.74, 6) is 1.92. The van der Waals surface area contributed by atoms with Gasteiger partial charge in [0.25, 0.3) is 5.91 Å². The van der Waals surface area contributed by atoms with Crippen molar-refractivity contribution in [2.75, 3.05) is 45.9 Å². The van der Waals surface area contributed by atoms with Crippen molar-refractivity contribution in [3.8, 4) is 5.75 Å². The van der Waals surface area contributed by atoms with Gasteiger partial charge in [0, 0.05) is 39.3 Å². The Morgan fingerprint density at radius 2 is 2.04 bits per heavy atom. The Bertz CT molecular complexity index is 665. The van der Waals surface area contributed by atoms with Crippen molar-refractivity contribution in [3.05, 3.63) is 29.8 Å². The number of nitrogens with one attached hydrogen (secondary N) is 1. The third-order valence-electron chi connectivity index (χ3n) is 5.05. The van der Waals surface area contributed by atoms with Crippen LogP contribution in [0.4, 0.5) is 0 Å². The Morgan fingerprint density at radius 3 is 2.71 bits per heavy atom. The molecule has 2 heterocycles. The molecule has 2 saturated heterocycles. The van der Waals surface area contributed by atoms with Crippen LogP contribution in [0.5, 0.6) is 5.75 Å². The summed E-state index contributed by atoms with van der Waals surface area (Å²) in [5.41, 5.74) is 1.12. The second-order valence-electron chi connectivity index (χ2n) is 7.06. The molecule has 1 amide bonds. The smallest absolute Gasteiger partial charge is 0.251 e. The van der Waals surface area contributed by atoms with Crippen LogP contribution in [0.2, 0.25) is 0 Å². The molecule has 2 aliphatic heterocycles. The van der Waals surface area contributed by atoms with Crippen molar-refractivity contribution in [2.45, 2.75) is 39.3 Å². The van der Waals surface area contributed by atoms with Crippen LogP contribution in [0.3, 0.4) is 0 Å². The zero-order chi connectivity index (χ0) is 19.8. The quantitative estimate of drug-likeness (QED) is 0.595. The Morgan fingerprint density at radius 1 is 1.25 bits per heavy atom. The molecule has 2 aliphatic rings. The van der Waals surface area contributed by atoms with Gasteiger partial charge < -0.3 is 24.6 Å². The lowest BCUT2D eigenvalue weighted by atomic mass is 10.2. The highest BCUT2D eigenvalue weighted by atomic mass is 16.5. The average Bonchev–Trinajstić information content (AvgIpc) is 3.26. The van der Waals surface area contributed by atoms with Gasteiger partial charge in [0.2, 0.25) is 0 Å². The number of hydrogen-bond donors (Lipinski definition) is 1. The van der Waals surface area contributed by atoms with Gasteiger partial charge in [0.15, 0.2) is 5.96 Å². The van der Waals surface area contributed by atoms with E-state index in [0.717, 1.165) is 49.7 Å². The predicted octanol–water partition coefficient (Wildman–Crippen LogP) is 1.87. The highest BCUT2D eigenvalue weighted by Gasteiger charge is 2.30.